The summed E-state index contributed by atoms with van der Waals surface area (Å²) in [6.07, 6.45) is 2.95. The van der Waals surface area contributed by atoms with Crippen LogP contribution in [0.3, 0.4) is 0 Å². The lowest BCUT2D eigenvalue weighted by Crippen LogP contribution is -2.52. The van der Waals surface area contributed by atoms with Crippen molar-refractivity contribution in [2.75, 3.05) is 52.4 Å². The highest BCUT2D eigenvalue weighted by Crippen LogP contribution is 2.10. The third kappa shape index (κ3) is 4.19. The van der Waals surface area contributed by atoms with E-state index in [1.165, 1.54) is 45.6 Å². The number of rotatable bonds is 6. The van der Waals surface area contributed by atoms with Crippen LogP contribution in [0.5, 0.6) is 0 Å². The average molecular weight is 255 g/mol. The molecule has 0 amide bonds. The molecule has 2 heterocycles. The van der Waals surface area contributed by atoms with Crippen molar-refractivity contribution >= 4 is 0 Å². The minimum atomic E-state index is 0.473. The molecule has 106 valence electrons. The summed E-state index contributed by atoms with van der Waals surface area (Å²) in [6.45, 7) is 13.7. The molecule has 0 radical (unpaired) electrons. The molecule has 2 fully saturated rings. The number of piperazine rings is 1. The van der Waals surface area contributed by atoms with Crippen LogP contribution in [0.2, 0.25) is 0 Å². The van der Waals surface area contributed by atoms with Crippen LogP contribution in [0, 0.1) is 0 Å². The van der Waals surface area contributed by atoms with Gasteiger partial charge in [0.2, 0.25) is 0 Å². The van der Waals surface area contributed by atoms with Gasteiger partial charge >= 0.3 is 0 Å². The van der Waals surface area contributed by atoms with E-state index in [1.54, 1.807) is 0 Å². The molecule has 0 spiro atoms. The Morgan fingerprint density at radius 2 is 2.22 bits per heavy atom. The Bertz CT molecular complexity index is 231. The van der Waals surface area contributed by atoms with Crippen LogP contribution in [0.15, 0.2) is 0 Å². The first-order valence-corrected chi connectivity index (χ1v) is 7.58. The number of nitrogens with one attached hydrogen (secondary N) is 1. The Hall–Kier alpha value is -0.160. The SMILES string of the molecule is CCN1CCN(CCNCC2CCCO2)CC1C. The maximum absolute atomic E-state index is 5.61. The fourth-order valence-electron chi connectivity index (χ4n) is 3.05. The van der Waals surface area contributed by atoms with Crippen LogP contribution >= 0.6 is 0 Å². The van der Waals surface area contributed by atoms with E-state index in [0.717, 1.165) is 19.7 Å². The van der Waals surface area contributed by atoms with Crippen molar-refractivity contribution in [3.63, 3.8) is 0 Å². The van der Waals surface area contributed by atoms with Crippen molar-refractivity contribution < 1.29 is 4.74 Å². The minimum Gasteiger partial charge on any atom is -0.377 e. The molecule has 0 aromatic carbocycles. The van der Waals surface area contributed by atoms with Gasteiger partial charge in [0, 0.05) is 51.9 Å². The summed E-state index contributed by atoms with van der Waals surface area (Å²) >= 11 is 0. The first-order chi connectivity index (χ1) is 8.79. The second kappa shape index (κ2) is 7.43. The molecule has 4 nitrogen and oxygen atoms in total. The zero-order valence-corrected chi connectivity index (χ0v) is 12.0. The summed E-state index contributed by atoms with van der Waals surface area (Å²) in [5, 5.41) is 3.53. The second-order valence-electron chi connectivity index (χ2n) is 5.62. The van der Waals surface area contributed by atoms with Crippen LogP contribution in [-0.4, -0.2) is 74.4 Å². The number of hydrogen-bond acceptors (Lipinski definition) is 4. The van der Waals surface area contributed by atoms with E-state index in [2.05, 4.69) is 29.0 Å². The molecule has 0 aromatic rings. The van der Waals surface area contributed by atoms with Gasteiger partial charge in [-0.3, -0.25) is 9.80 Å². The van der Waals surface area contributed by atoms with Gasteiger partial charge in [0.1, 0.15) is 0 Å². The molecule has 0 bridgehead atoms. The van der Waals surface area contributed by atoms with Crippen molar-refractivity contribution in [3.05, 3.63) is 0 Å². The van der Waals surface area contributed by atoms with Crippen molar-refractivity contribution in [3.8, 4) is 0 Å². The van der Waals surface area contributed by atoms with Crippen LogP contribution in [0.4, 0.5) is 0 Å². The molecule has 2 rings (SSSR count). The monoisotopic (exact) mass is 255 g/mol. The molecule has 2 aliphatic heterocycles. The molecule has 2 unspecified atom stereocenters. The van der Waals surface area contributed by atoms with Gasteiger partial charge in [-0.05, 0) is 26.3 Å². The number of ether oxygens (including phenoxy) is 1. The van der Waals surface area contributed by atoms with Gasteiger partial charge < -0.3 is 10.1 Å². The van der Waals surface area contributed by atoms with Gasteiger partial charge in [-0.15, -0.1) is 0 Å². The molecule has 2 aliphatic rings. The number of nitrogens with zero attached hydrogens (tertiary/aromatic N) is 2. The molecular weight excluding hydrogens is 226 g/mol. The van der Waals surface area contributed by atoms with Crippen molar-refractivity contribution in [1.29, 1.82) is 0 Å². The summed E-state index contributed by atoms with van der Waals surface area (Å²) in [5.41, 5.74) is 0. The van der Waals surface area contributed by atoms with E-state index in [9.17, 15) is 0 Å². The lowest BCUT2D eigenvalue weighted by Gasteiger charge is -2.39. The highest BCUT2D eigenvalue weighted by Gasteiger charge is 2.21. The number of likely N-dealkylation sites (N-methyl/N-ethyl adjacent to an activating group) is 1. The van der Waals surface area contributed by atoms with Crippen LogP contribution < -0.4 is 5.32 Å². The van der Waals surface area contributed by atoms with E-state index >= 15 is 0 Å². The van der Waals surface area contributed by atoms with Crippen LogP contribution in [0.25, 0.3) is 0 Å². The zero-order chi connectivity index (χ0) is 12.8. The zero-order valence-electron chi connectivity index (χ0n) is 12.0. The smallest absolute Gasteiger partial charge is 0.0700 e. The van der Waals surface area contributed by atoms with Gasteiger partial charge in [-0.25, -0.2) is 0 Å². The lowest BCUT2D eigenvalue weighted by atomic mass is 10.2. The molecule has 2 atom stereocenters. The summed E-state index contributed by atoms with van der Waals surface area (Å²) in [5.74, 6) is 0. The highest BCUT2D eigenvalue weighted by molar-refractivity contribution is 4.78. The Balaban J connectivity index is 1.54. The number of hydrogen-bond donors (Lipinski definition) is 1. The fourth-order valence-corrected chi connectivity index (χ4v) is 3.05. The predicted molar refractivity (Wildman–Crippen MR) is 75.0 cm³/mol. The third-order valence-electron chi connectivity index (χ3n) is 4.26. The predicted octanol–water partition coefficient (Wildman–Crippen LogP) is 0.781. The maximum Gasteiger partial charge on any atom is 0.0700 e. The Kier molecular flexibility index (Phi) is 5.89. The van der Waals surface area contributed by atoms with Crippen molar-refractivity contribution in [2.24, 2.45) is 0 Å². The van der Waals surface area contributed by atoms with Gasteiger partial charge in [0.05, 0.1) is 6.10 Å². The Labute approximate surface area is 112 Å². The van der Waals surface area contributed by atoms with Crippen LogP contribution in [0.1, 0.15) is 26.7 Å². The van der Waals surface area contributed by atoms with E-state index in [0.29, 0.717) is 12.1 Å². The van der Waals surface area contributed by atoms with Gasteiger partial charge in [0.15, 0.2) is 0 Å². The lowest BCUT2D eigenvalue weighted by molar-refractivity contribution is 0.0852. The Morgan fingerprint density at radius 1 is 1.33 bits per heavy atom. The first kappa shape index (κ1) is 14.3. The van der Waals surface area contributed by atoms with Gasteiger partial charge in [-0.2, -0.15) is 0 Å². The standard InChI is InChI=1S/C14H29N3O/c1-3-17-9-8-16(12-13(17)2)7-6-15-11-14-5-4-10-18-14/h13-15H,3-12H2,1-2H3. The topological polar surface area (TPSA) is 27.7 Å². The first-order valence-electron chi connectivity index (χ1n) is 7.58. The Morgan fingerprint density at radius 3 is 2.89 bits per heavy atom. The summed E-state index contributed by atoms with van der Waals surface area (Å²) in [4.78, 5) is 5.15. The fraction of sp³-hybridized carbons (Fsp3) is 1.00. The summed E-state index contributed by atoms with van der Waals surface area (Å²) < 4.78 is 5.61. The normalized spacial score (nSPS) is 31.0. The van der Waals surface area contributed by atoms with E-state index in [-0.39, 0.29) is 0 Å². The molecule has 2 saturated heterocycles. The van der Waals surface area contributed by atoms with E-state index < -0.39 is 0 Å². The highest BCUT2D eigenvalue weighted by atomic mass is 16.5. The van der Waals surface area contributed by atoms with Crippen LogP contribution in [-0.2, 0) is 4.74 Å². The van der Waals surface area contributed by atoms with Gasteiger partial charge in [-0.1, -0.05) is 6.92 Å². The average Bonchev–Trinajstić information content (AvgIpc) is 2.88. The largest absolute Gasteiger partial charge is 0.377 e. The molecule has 4 heteroatoms. The summed E-state index contributed by atoms with van der Waals surface area (Å²) in [6, 6.07) is 0.710. The molecule has 0 saturated carbocycles. The molecule has 18 heavy (non-hydrogen) atoms. The quantitative estimate of drug-likeness (QED) is 0.710. The molecule has 1 N–H and O–H groups in total. The molecule has 0 aromatic heterocycles. The van der Waals surface area contributed by atoms with Crippen molar-refractivity contribution in [1.82, 2.24) is 15.1 Å². The van der Waals surface area contributed by atoms with E-state index in [4.69, 9.17) is 4.74 Å². The van der Waals surface area contributed by atoms with E-state index in [1.807, 2.05) is 0 Å². The van der Waals surface area contributed by atoms with Gasteiger partial charge in [0.25, 0.3) is 0 Å². The maximum atomic E-state index is 5.61. The minimum absolute atomic E-state index is 0.473. The van der Waals surface area contributed by atoms with Crippen molar-refractivity contribution in [2.45, 2.75) is 38.8 Å². The third-order valence-corrected chi connectivity index (χ3v) is 4.26. The molecular formula is C14H29N3O. The summed E-state index contributed by atoms with van der Waals surface area (Å²) in [7, 11) is 0. The second-order valence-corrected chi connectivity index (χ2v) is 5.62. The molecule has 0 aliphatic carbocycles.